The molecule has 7 rings (SSSR count). The van der Waals surface area contributed by atoms with Crippen LogP contribution in [0.1, 0.15) is 112 Å². The summed E-state index contributed by atoms with van der Waals surface area (Å²) in [5, 5.41) is 10.9. The molecule has 310 valence electrons. The largest absolute Gasteiger partial charge is 0.459 e. The van der Waals surface area contributed by atoms with Crippen LogP contribution in [0.25, 0.3) is 12.2 Å². The van der Waals surface area contributed by atoms with Crippen molar-refractivity contribution in [3.63, 3.8) is 0 Å². The van der Waals surface area contributed by atoms with Gasteiger partial charge in [-0.3, -0.25) is 4.79 Å². The Kier molecular flexibility index (Phi) is 13.1. The molecule has 1 N–H and O–H groups in total. The standard InChI is InChI=1S/C25H34O4.C24H32O4/c1-16(2)21-15-22(26)25(5,29-21)20-13-11-17(3)24(20)18(4)28-23(27)14-12-19-9-7-6-8-10-19;1-15(2)24-14-19(25)23(4,28-24)18-12-10-16(3)21(18)22(24)27-20(26)13-11-17-8-6-5-7-9-17/h6-10,12,14,16-18,20-21,24H,11,13,15H2,1-5H3;5-9,11,13,15-16,18-19,21-22,25H,10,12,14H2,1-4H3/b14-12+;13-11+. The first-order chi connectivity index (χ1) is 27.0. The van der Waals surface area contributed by atoms with E-state index in [9.17, 15) is 19.5 Å². The predicted octanol–water partition coefficient (Wildman–Crippen LogP) is 9.29. The van der Waals surface area contributed by atoms with Crippen molar-refractivity contribution >= 4 is 29.9 Å². The van der Waals surface area contributed by atoms with E-state index in [0.29, 0.717) is 30.6 Å². The summed E-state index contributed by atoms with van der Waals surface area (Å²) in [7, 11) is 0. The van der Waals surface area contributed by atoms with E-state index in [1.807, 2.05) is 74.5 Å². The number of esters is 2. The van der Waals surface area contributed by atoms with E-state index < -0.39 is 22.9 Å². The van der Waals surface area contributed by atoms with Gasteiger partial charge in [-0.15, -0.1) is 0 Å². The second kappa shape index (κ2) is 17.3. The Morgan fingerprint density at radius 3 is 1.93 bits per heavy atom. The third kappa shape index (κ3) is 8.60. The molecule has 2 aliphatic carbocycles. The molecule has 13 unspecified atom stereocenters. The highest BCUT2D eigenvalue weighted by atomic mass is 16.6. The van der Waals surface area contributed by atoms with Crippen molar-refractivity contribution in [1.29, 1.82) is 0 Å². The lowest BCUT2D eigenvalue weighted by Gasteiger charge is -2.52. The molecule has 3 aliphatic heterocycles. The molecule has 8 nitrogen and oxygen atoms in total. The summed E-state index contributed by atoms with van der Waals surface area (Å²) in [5.41, 5.74) is -0.00676. The van der Waals surface area contributed by atoms with Crippen LogP contribution in [0.15, 0.2) is 72.8 Å². The number of rotatable bonds is 10. The first-order valence-electron chi connectivity index (χ1n) is 21.5. The number of hydrogen-bond acceptors (Lipinski definition) is 8. The molecule has 5 fully saturated rings. The number of ether oxygens (including phenoxy) is 4. The van der Waals surface area contributed by atoms with Gasteiger partial charge < -0.3 is 24.1 Å². The van der Waals surface area contributed by atoms with Gasteiger partial charge in [0.25, 0.3) is 0 Å². The molecule has 0 amide bonds. The molecule has 5 aliphatic rings. The normalized spacial score (nSPS) is 37.8. The fourth-order valence-corrected chi connectivity index (χ4v) is 11.2. The maximum Gasteiger partial charge on any atom is 0.331 e. The molecule has 3 heterocycles. The quantitative estimate of drug-likeness (QED) is 0.188. The molecular weight excluding hydrogens is 717 g/mol. The molecule has 0 spiro atoms. The van der Waals surface area contributed by atoms with Crippen LogP contribution in [0.5, 0.6) is 0 Å². The Hall–Kier alpha value is -3.59. The van der Waals surface area contributed by atoms with Crippen molar-refractivity contribution in [2.24, 2.45) is 47.3 Å². The van der Waals surface area contributed by atoms with Gasteiger partial charge in [-0.2, -0.15) is 0 Å². The van der Waals surface area contributed by atoms with Crippen molar-refractivity contribution < 1.29 is 38.4 Å². The highest BCUT2D eigenvalue weighted by Gasteiger charge is 2.71. The van der Waals surface area contributed by atoms with E-state index in [2.05, 4.69) is 48.5 Å². The van der Waals surface area contributed by atoms with Crippen molar-refractivity contribution in [3.05, 3.63) is 83.9 Å². The van der Waals surface area contributed by atoms with Crippen LogP contribution in [0, 0.1) is 47.3 Å². The highest BCUT2D eigenvalue weighted by molar-refractivity contribution is 5.90. The molecule has 2 aromatic rings. The number of carbonyl (C=O) groups is 3. The molecule has 13 atom stereocenters. The van der Waals surface area contributed by atoms with Crippen LogP contribution in [0.3, 0.4) is 0 Å². The second-order valence-electron chi connectivity index (χ2n) is 18.7. The molecule has 2 bridgehead atoms. The van der Waals surface area contributed by atoms with E-state index in [1.54, 1.807) is 12.2 Å². The highest BCUT2D eigenvalue weighted by Crippen LogP contribution is 2.62. The zero-order valence-electron chi connectivity index (χ0n) is 35.6. The third-order valence-corrected chi connectivity index (χ3v) is 14.5. The zero-order valence-corrected chi connectivity index (χ0v) is 35.6. The number of hydrogen-bond donors (Lipinski definition) is 1. The van der Waals surface area contributed by atoms with Crippen molar-refractivity contribution in [3.8, 4) is 0 Å². The summed E-state index contributed by atoms with van der Waals surface area (Å²) in [5.74, 6) is 1.46. The summed E-state index contributed by atoms with van der Waals surface area (Å²) < 4.78 is 24.9. The fraction of sp³-hybridized carbons (Fsp3) is 0.612. The fourth-order valence-electron chi connectivity index (χ4n) is 11.2. The van der Waals surface area contributed by atoms with Crippen molar-refractivity contribution in [2.75, 3.05) is 0 Å². The minimum absolute atomic E-state index is 0.0179. The maximum absolute atomic E-state index is 12.9. The average Bonchev–Trinajstić information content (AvgIpc) is 3.92. The third-order valence-electron chi connectivity index (χ3n) is 14.5. The summed E-state index contributed by atoms with van der Waals surface area (Å²) in [6.45, 7) is 18.8. The van der Waals surface area contributed by atoms with Gasteiger partial charge in [0.1, 0.15) is 23.4 Å². The number of benzene rings is 2. The van der Waals surface area contributed by atoms with Gasteiger partial charge in [0.05, 0.1) is 17.8 Å². The van der Waals surface area contributed by atoms with Crippen LogP contribution < -0.4 is 0 Å². The Morgan fingerprint density at radius 1 is 0.807 bits per heavy atom. The van der Waals surface area contributed by atoms with Gasteiger partial charge in [-0.1, -0.05) is 102 Å². The van der Waals surface area contributed by atoms with Crippen LogP contribution in [-0.2, 0) is 33.3 Å². The van der Waals surface area contributed by atoms with Gasteiger partial charge in [0, 0.05) is 42.7 Å². The lowest BCUT2D eigenvalue weighted by atomic mass is 9.69. The minimum Gasteiger partial charge on any atom is -0.459 e. The number of aliphatic hydroxyl groups excluding tert-OH is 1. The molecule has 0 aromatic heterocycles. The second-order valence-corrected chi connectivity index (χ2v) is 18.7. The number of Topliss-reactive ketones (excluding diaryl/α,β-unsaturated/α-hetero) is 1. The van der Waals surface area contributed by atoms with E-state index in [0.717, 1.165) is 36.8 Å². The zero-order chi connectivity index (χ0) is 41.3. The maximum atomic E-state index is 12.9. The van der Waals surface area contributed by atoms with E-state index in [-0.39, 0.29) is 65.6 Å². The van der Waals surface area contributed by atoms with Crippen LogP contribution in [-0.4, -0.2) is 64.0 Å². The molecule has 2 aromatic carbocycles. The number of aliphatic hydroxyl groups is 1. The van der Waals surface area contributed by atoms with E-state index in [4.69, 9.17) is 18.9 Å². The molecule has 2 saturated carbocycles. The Balaban J connectivity index is 0.000000193. The summed E-state index contributed by atoms with van der Waals surface area (Å²) in [4.78, 5) is 38.1. The van der Waals surface area contributed by atoms with Crippen molar-refractivity contribution in [2.45, 2.75) is 142 Å². The van der Waals surface area contributed by atoms with Crippen molar-refractivity contribution in [1.82, 2.24) is 0 Å². The number of fused-ring (bicyclic) bond motifs is 4. The van der Waals surface area contributed by atoms with Gasteiger partial charge in [0.2, 0.25) is 0 Å². The van der Waals surface area contributed by atoms with Crippen LogP contribution in [0.2, 0.25) is 0 Å². The van der Waals surface area contributed by atoms with E-state index >= 15 is 0 Å². The Labute approximate surface area is 340 Å². The summed E-state index contributed by atoms with van der Waals surface area (Å²) in [6.07, 6.45) is 10.5. The molecule has 3 saturated heterocycles. The SMILES string of the molecule is CC(C)C1CC(=O)C(C)(C2CCC(C)C2C(C)OC(=O)/C=C/c2ccccc2)O1.CC1CCC2C1C(OC(=O)/C=C/c1ccccc1)C1(C(C)C)CC(O)C2(C)O1. The number of ketones is 1. The monoisotopic (exact) mass is 782 g/mol. The average molecular weight is 783 g/mol. The van der Waals surface area contributed by atoms with Gasteiger partial charge in [0.15, 0.2) is 5.78 Å². The predicted molar refractivity (Wildman–Crippen MR) is 223 cm³/mol. The smallest absolute Gasteiger partial charge is 0.331 e. The molecule has 0 radical (unpaired) electrons. The first-order valence-corrected chi connectivity index (χ1v) is 21.5. The topological polar surface area (TPSA) is 108 Å². The van der Waals surface area contributed by atoms with Crippen LogP contribution in [0.4, 0.5) is 0 Å². The number of carbonyl (C=O) groups excluding carboxylic acids is 3. The molecular formula is C49H66O8. The van der Waals surface area contributed by atoms with E-state index in [1.165, 1.54) is 12.2 Å². The van der Waals surface area contributed by atoms with Gasteiger partial charge in [-0.25, -0.2) is 9.59 Å². The Bertz CT molecular complexity index is 1770. The lowest BCUT2D eigenvalue weighted by molar-refractivity contribution is -0.263. The molecule has 57 heavy (non-hydrogen) atoms. The first kappa shape index (κ1) is 43.0. The lowest BCUT2D eigenvalue weighted by Crippen LogP contribution is -2.62. The summed E-state index contributed by atoms with van der Waals surface area (Å²) in [6, 6.07) is 19.4. The summed E-state index contributed by atoms with van der Waals surface area (Å²) >= 11 is 0. The van der Waals surface area contributed by atoms with Gasteiger partial charge in [-0.05, 0) is 99.3 Å². The molecule has 8 heteroatoms. The van der Waals surface area contributed by atoms with Crippen LogP contribution >= 0.6 is 0 Å². The Morgan fingerprint density at radius 2 is 1.37 bits per heavy atom. The van der Waals surface area contributed by atoms with Gasteiger partial charge >= 0.3 is 11.9 Å². The minimum atomic E-state index is -0.773.